The first-order valence-corrected chi connectivity index (χ1v) is 7.55. The smallest absolute Gasteiger partial charge is 0.258 e. The van der Waals surface area contributed by atoms with Crippen LogP contribution in [0.2, 0.25) is 0 Å². The minimum atomic E-state index is -0.546. The molecule has 0 aliphatic carbocycles. The zero-order valence-electron chi connectivity index (χ0n) is 13.8. The Morgan fingerprint density at radius 3 is 2.68 bits per heavy atom. The number of hydrogen-bond acceptors (Lipinski definition) is 5. The predicted octanol–water partition coefficient (Wildman–Crippen LogP) is 3.09. The van der Waals surface area contributed by atoms with E-state index >= 15 is 0 Å². The van der Waals surface area contributed by atoms with Gasteiger partial charge in [-0.1, -0.05) is 6.08 Å². The Bertz CT molecular complexity index is 1020. The van der Waals surface area contributed by atoms with Crippen LogP contribution in [0.3, 0.4) is 0 Å². The van der Waals surface area contributed by atoms with E-state index in [1.807, 2.05) is 6.92 Å². The fourth-order valence-corrected chi connectivity index (χ4v) is 2.47. The quantitative estimate of drug-likeness (QED) is 0.542. The molecule has 6 nitrogen and oxygen atoms in total. The van der Waals surface area contributed by atoms with Crippen LogP contribution >= 0.6 is 0 Å². The molecule has 0 amide bonds. The van der Waals surface area contributed by atoms with Gasteiger partial charge >= 0.3 is 0 Å². The summed E-state index contributed by atoms with van der Waals surface area (Å²) in [4.78, 5) is 20.5. The molecule has 2 aromatic heterocycles. The topological polar surface area (TPSA) is 63.4 Å². The van der Waals surface area contributed by atoms with Gasteiger partial charge in [0.2, 0.25) is 0 Å². The Kier molecular flexibility index (Phi) is 4.38. The van der Waals surface area contributed by atoms with E-state index in [1.165, 1.54) is 28.0 Å². The summed E-state index contributed by atoms with van der Waals surface area (Å²) in [5.41, 5.74) is 0.585. The first-order valence-electron chi connectivity index (χ1n) is 7.55. The van der Waals surface area contributed by atoms with Crippen LogP contribution in [0.5, 0.6) is 0 Å². The minimum absolute atomic E-state index is 0.230. The molecule has 25 heavy (non-hydrogen) atoms. The second-order valence-corrected chi connectivity index (χ2v) is 5.38. The lowest BCUT2D eigenvalue weighted by Gasteiger charge is -2.12. The number of nitrogens with zero attached hydrogens (tertiary/aromatic N) is 5. The monoisotopic (exact) mass is 337 g/mol. The van der Waals surface area contributed by atoms with E-state index in [1.54, 1.807) is 37.7 Å². The van der Waals surface area contributed by atoms with E-state index in [0.29, 0.717) is 16.5 Å². The highest BCUT2D eigenvalue weighted by Gasteiger charge is 2.13. The average Bonchev–Trinajstić information content (AvgIpc) is 2.63. The molecule has 0 unspecified atom stereocenters. The van der Waals surface area contributed by atoms with E-state index in [2.05, 4.69) is 21.8 Å². The summed E-state index contributed by atoms with van der Waals surface area (Å²) in [7, 11) is 1.62. The zero-order chi connectivity index (χ0) is 18.0. The Balaban J connectivity index is 2.07. The summed E-state index contributed by atoms with van der Waals surface area (Å²) in [6.07, 6.45) is 8.21. The molecule has 0 aliphatic heterocycles. The maximum Gasteiger partial charge on any atom is 0.258 e. The molecule has 0 bridgehead atoms. The van der Waals surface area contributed by atoms with Crippen molar-refractivity contribution in [2.24, 2.45) is 12.1 Å². The molecular weight excluding hydrogens is 321 g/mol. The summed E-state index contributed by atoms with van der Waals surface area (Å²) in [5, 5.41) is 6.29. The molecule has 0 N–H and O–H groups in total. The van der Waals surface area contributed by atoms with Crippen LogP contribution in [-0.2, 0) is 7.05 Å². The van der Waals surface area contributed by atoms with E-state index < -0.39 is 5.82 Å². The van der Waals surface area contributed by atoms with Crippen LogP contribution in [-0.4, -0.2) is 21.3 Å². The molecule has 0 radical (unpaired) electrons. The van der Waals surface area contributed by atoms with E-state index in [0.717, 1.165) is 0 Å². The third-order valence-corrected chi connectivity index (χ3v) is 3.75. The Morgan fingerprint density at radius 2 is 2.04 bits per heavy atom. The first-order chi connectivity index (χ1) is 12.0. The predicted molar refractivity (Wildman–Crippen MR) is 97.0 cm³/mol. The van der Waals surface area contributed by atoms with Crippen molar-refractivity contribution in [1.82, 2.24) is 14.5 Å². The molecule has 0 saturated carbocycles. The summed E-state index contributed by atoms with van der Waals surface area (Å²) in [6.45, 7) is 5.33. The number of rotatable bonds is 4. The fourth-order valence-electron chi connectivity index (χ4n) is 2.47. The van der Waals surface area contributed by atoms with Gasteiger partial charge in [0.15, 0.2) is 5.82 Å². The van der Waals surface area contributed by atoms with Gasteiger partial charge in [0.25, 0.3) is 5.56 Å². The van der Waals surface area contributed by atoms with Gasteiger partial charge < -0.3 is 4.57 Å². The second kappa shape index (κ2) is 6.64. The van der Waals surface area contributed by atoms with Crippen LogP contribution < -0.4 is 10.6 Å². The van der Waals surface area contributed by atoms with Gasteiger partial charge in [-0.15, -0.1) is 0 Å². The van der Waals surface area contributed by atoms with Gasteiger partial charge in [-0.25, -0.2) is 19.4 Å². The number of hydrazone groups is 1. The molecular formula is C18H16FN5O. The fraction of sp³-hybridized carbons (Fsp3) is 0.111. The molecule has 0 aliphatic rings. The van der Waals surface area contributed by atoms with Crippen LogP contribution in [0, 0.1) is 5.82 Å². The number of allylic oxidation sites excluding steroid dienone is 1. The third-order valence-electron chi connectivity index (χ3n) is 3.75. The summed E-state index contributed by atoms with van der Waals surface area (Å²) in [5.74, 6) is -0.316. The third kappa shape index (κ3) is 3.03. The number of anilines is 1. The van der Waals surface area contributed by atoms with Gasteiger partial charge in [-0.3, -0.25) is 4.79 Å². The molecule has 1 aromatic carbocycles. The highest BCUT2D eigenvalue weighted by atomic mass is 19.1. The number of halogens is 1. The number of pyridine rings is 1. The SMILES string of the molecule is C=NN(/C=C\C)c1cnc(-c2cc3ccn(C)c(=O)c3cc2F)nc1. The lowest BCUT2D eigenvalue weighted by Crippen LogP contribution is -2.15. The van der Waals surface area contributed by atoms with E-state index in [4.69, 9.17) is 0 Å². The summed E-state index contributed by atoms with van der Waals surface area (Å²) >= 11 is 0. The van der Waals surface area contributed by atoms with Crippen molar-refractivity contribution in [1.29, 1.82) is 0 Å². The summed E-state index contributed by atoms with van der Waals surface area (Å²) in [6, 6.07) is 4.56. The molecule has 0 saturated heterocycles. The van der Waals surface area contributed by atoms with Gasteiger partial charge in [0.1, 0.15) is 11.5 Å². The van der Waals surface area contributed by atoms with Crippen LogP contribution in [0.4, 0.5) is 10.1 Å². The molecule has 0 fully saturated rings. The lowest BCUT2D eigenvalue weighted by atomic mass is 10.1. The van der Waals surface area contributed by atoms with Gasteiger partial charge in [0.05, 0.1) is 23.3 Å². The standard InChI is InChI=1S/C18H16FN5O/c1-4-6-24(20-2)13-10-21-17(22-11-13)15-8-12-5-7-23(3)18(25)14(12)9-16(15)19/h4-11H,2H2,1,3H3/b6-4-. The zero-order valence-corrected chi connectivity index (χ0v) is 13.8. The molecule has 3 rings (SSSR count). The molecule has 126 valence electrons. The lowest BCUT2D eigenvalue weighted by molar-refractivity contribution is 0.631. The number of benzene rings is 1. The highest BCUT2D eigenvalue weighted by molar-refractivity contribution is 5.86. The van der Waals surface area contributed by atoms with Crippen LogP contribution in [0.1, 0.15) is 6.92 Å². The second-order valence-electron chi connectivity index (χ2n) is 5.38. The first kappa shape index (κ1) is 16.5. The maximum atomic E-state index is 14.5. The van der Waals surface area contributed by atoms with Crippen molar-refractivity contribution in [3.05, 3.63) is 65.2 Å². The number of aryl methyl sites for hydroxylation is 1. The van der Waals surface area contributed by atoms with Crippen molar-refractivity contribution in [2.45, 2.75) is 6.92 Å². The molecule has 0 atom stereocenters. The van der Waals surface area contributed by atoms with Crippen LogP contribution in [0.25, 0.3) is 22.2 Å². The van der Waals surface area contributed by atoms with Crippen LogP contribution in [0.15, 0.2) is 59.0 Å². The van der Waals surface area contributed by atoms with E-state index in [-0.39, 0.29) is 16.9 Å². The molecule has 3 aromatic rings. The Morgan fingerprint density at radius 1 is 1.32 bits per heavy atom. The number of fused-ring (bicyclic) bond motifs is 1. The van der Waals surface area contributed by atoms with E-state index in [9.17, 15) is 9.18 Å². The molecule has 2 heterocycles. The Hall–Kier alpha value is -3.35. The van der Waals surface area contributed by atoms with Crippen molar-refractivity contribution in [3.63, 3.8) is 0 Å². The minimum Gasteiger partial charge on any atom is -0.318 e. The maximum absolute atomic E-state index is 14.5. The number of aromatic nitrogens is 3. The van der Waals surface area contributed by atoms with Crippen molar-refractivity contribution in [3.8, 4) is 11.4 Å². The normalized spacial score (nSPS) is 11.2. The van der Waals surface area contributed by atoms with Crippen molar-refractivity contribution >= 4 is 23.2 Å². The van der Waals surface area contributed by atoms with Crippen molar-refractivity contribution in [2.75, 3.05) is 5.01 Å². The van der Waals surface area contributed by atoms with Gasteiger partial charge in [-0.05, 0) is 30.5 Å². The van der Waals surface area contributed by atoms with Gasteiger partial charge in [0, 0.05) is 26.2 Å². The average molecular weight is 337 g/mol. The Labute approximate surface area is 143 Å². The number of hydrogen-bond donors (Lipinski definition) is 0. The highest BCUT2D eigenvalue weighted by Crippen LogP contribution is 2.25. The summed E-state index contributed by atoms with van der Waals surface area (Å²) < 4.78 is 15.9. The van der Waals surface area contributed by atoms with Gasteiger partial charge in [-0.2, -0.15) is 5.10 Å². The largest absolute Gasteiger partial charge is 0.318 e. The van der Waals surface area contributed by atoms with Crippen molar-refractivity contribution < 1.29 is 4.39 Å². The molecule has 0 spiro atoms. The molecule has 7 heteroatoms.